The van der Waals surface area contributed by atoms with Crippen molar-refractivity contribution >= 4 is 29.3 Å². The molecule has 0 fully saturated rings. The molecular formula is C13H13N3O3S. The van der Waals surface area contributed by atoms with E-state index in [9.17, 15) is 9.59 Å². The van der Waals surface area contributed by atoms with Gasteiger partial charge in [0, 0.05) is 30.7 Å². The summed E-state index contributed by atoms with van der Waals surface area (Å²) in [5, 5.41) is 16.8. The van der Waals surface area contributed by atoms with Crippen molar-refractivity contribution in [1.82, 2.24) is 15.1 Å². The number of nitrogens with zero attached hydrogens (tertiary/aromatic N) is 2. The molecule has 0 unspecified atom stereocenters. The van der Waals surface area contributed by atoms with Gasteiger partial charge in [-0.25, -0.2) is 4.79 Å². The van der Waals surface area contributed by atoms with Gasteiger partial charge in [0.15, 0.2) is 0 Å². The van der Waals surface area contributed by atoms with E-state index in [-0.39, 0.29) is 5.91 Å². The second kappa shape index (κ2) is 6.16. The molecule has 0 saturated carbocycles. The molecular weight excluding hydrogens is 278 g/mol. The molecule has 7 heteroatoms. The third-order valence-corrected chi connectivity index (χ3v) is 3.52. The Morgan fingerprint density at radius 2 is 2.35 bits per heavy atom. The van der Waals surface area contributed by atoms with Gasteiger partial charge >= 0.3 is 5.97 Å². The van der Waals surface area contributed by atoms with Crippen molar-refractivity contribution in [3.8, 4) is 0 Å². The summed E-state index contributed by atoms with van der Waals surface area (Å²) in [6, 6.07) is 1.86. The van der Waals surface area contributed by atoms with Crippen LogP contribution in [0.15, 0.2) is 29.9 Å². The second-order valence-corrected chi connectivity index (χ2v) is 5.12. The smallest absolute Gasteiger partial charge is 0.328 e. The summed E-state index contributed by atoms with van der Waals surface area (Å²) < 4.78 is 0. The third kappa shape index (κ3) is 3.55. The van der Waals surface area contributed by atoms with Crippen molar-refractivity contribution < 1.29 is 14.7 Å². The lowest BCUT2D eigenvalue weighted by Gasteiger charge is -2.15. The quantitative estimate of drug-likeness (QED) is 0.823. The van der Waals surface area contributed by atoms with Crippen LogP contribution in [0.25, 0.3) is 6.08 Å². The van der Waals surface area contributed by atoms with Crippen molar-refractivity contribution in [2.75, 3.05) is 7.05 Å². The summed E-state index contributed by atoms with van der Waals surface area (Å²) in [6.07, 6.45) is 5.66. The highest BCUT2D eigenvalue weighted by Gasteiger charge is 2.13. The number of rotatable bonds is 5. The Balaban J connectivity index is 2.00. The standard InChI is InChI=1S/C13H13N3O3S/c1-16(13(19)10-5-14-15-6-10)7-9-4-11(20-8-9)2-3-12(17)18/h2-6,8H,7H2,1H3,(H,14,15)(H,17,18). The van der Waals surface area contributed by atoms with Gasteiger partial charge in [0.25, 0.3) is 5.91 Å². The Kier molecular flexibility index (Phi) is 4.31. The Hall–Kier alpha value is -2.41. The minimum absolute atomic E-state index is 0.118. The molecule has 104 valence electrons. The van der Waals surface area contributed by atoms with Gasteiger partial charge in [-0.05, 0) is 23.1 Å². The molecule has 0 aliphatic heterocycles. The Morgan fingerprint density at radius 3 is 3.00 bits per heavy atom. The first-order valence-electron chi connectivity index (χ1n) is 5.79. The fraction of sp³-hybridized carbons (Fsp3) is 0.154. The molecule has 0 radical (unpaired) electrons. The molecule has 20 heavy (non-hydrogen) atoms. The van der Waals surface area contributed by atoms with Gasteiger partial charge in [-0.3, -0.25) is 9.89 Å². The lowest BCUT2D eigenvalue weighted by atomic mass is 10.2. The highest BCUT2D eigenvalue weighted by Crippen LogP contribution is 2.18. The van der Waals surface area contributed by atoms with Crippen LogP contribution in [0.1, 0.15) is 20.8 Å². The minimum atomic E-state index is -0.979. The van der Waals surface area contributed by atoms with E-state index in [0.717, 1.165) is 16.5 Å². The molecule has 0 saturated heterocycles. The molecule has 0 aromatic carbocycles. The van der Waals surface area contributed by atoms with Gasteiger partial charge in [0.1, 0.15) is 0 Å². The van der Waals surface area contributed by atoms with E-state index in [1.165, 1.54) is 23.6 Å². The lowest BCUT2D eigenvalue weighted by Crippen LogP contribution is -2.25. The van der Waals surface area contributed by atoms with Crippen LogP contribution in [0.2, 0.25) is 0 Å². The molecule has 2 rings (SSSR count). The number of carboxylic acid groups (broad SMARTS) is 1. The van der Waals surface area contributed by atoms with Crippen LogP contribution in [0.3, 0.4) is 0 Å². The maximum atomic E-state index is 12.0. The van der Waals surface area contributed by atoms with Crippen LogP contribution in [0.5, 0.6) is 0 Å². The number of nitrogens with one attached hydrogen (secondary N) is 1. The average Bonchev–Trinajstić information content (AvgIpc) is 3.06. The van der Waals surface area contributed by atoms with Crippen LogP contribution in [0.4, 0.5) is 0 Å². The van der Waals surface area contributed by atoms with Gasteiger partial charge in [-0.2, -0.15) is 5.10 Å². The zero-order chi connectivity index (χ0) is 14.5. The fourth-order valence-corrected chi connectivity index (χ4v) is 2.45. The number of aromatic nitrogens is 2. The first kappa shape index (κ1) is 14.0. The molecule has 0 aliphatic rings. The SMILES string of the molecule is CN(Cc1csc(C=CC(=O)O)c1)C(=O)c1cn[nH]c1. The largest absolute Gasteiger partial charge is 0.478 e. The van der Waals surface area contributed by atoms with E-state index in [2.05, 4.69) is 10.2 Å². The third-order valence-electron chi connectivity index (χ3n) is 2.58. The summed E-state index contributed by atoms with van der Waals surface area (Å²) in [5.74, 6) is -1.10. The maximum Gasteiger partial charge on any atom is 0.328 e. The molecule has 2 aromatic heterocycles. The van der Waals surface area contributed by atoms with E-state index in [1.807, 2.05) is 11.4 Å². The zero-order valence-corrected chi connectivity index (χ0v) is 11.6. The molecule has 6 nitrogen and oxygen atoms in total. The number of amides is 1. The van der Waals surface area contributed by atoms with E-state index < -0.39 is 5.97 Å². The van der Waals surface area contributed by atoms with Crippen molar-refractivity contribution in [2.45, 2.75) is 6.54 Å². The van der Waals surface area contributed by atoms with Gasteiger partial charge in [0.2, 0.25) is 0 Å². The number of carbonyl (C=O) groups excluding carboxylic acids is 1. The van der Waals surface area contributed by atoms with Crippen molar-refractivity contribution in [3.05, 3.63) is 45.9 Å². The number of carbonyl (C=O) groups is 2. The molecule has 0 atom stereocenters. The lowest BCUT2D eigenvalue weighted by molar-refractivity contribution is -0.131. The summed E-state index contributed by atoms with van der Waals surface area (Å²) in [5.41, 5.74) is 1.47. The molecule has 0 bridgehead atoms. The molecule has 1 amide bonds. The van der Waals surface area contributed by atoms with Crippen molar-refractivity contribution in [1.29, 1.82) is 0 Å². The Labute approximate surface area is 119 Å². The summed E-state index contributed by atoms with van der Waals surface area (Å²) in [7, 11) is 1.71. The predicted octanol–water partition coefficient (Wildman–Crippen LogP) is 1.84. The molecule has 0 aliphatic carbocycles. The summed E-state index contributed by atoms with van der Waals surface area (Å²) >= 11 is 1.44. The number of hydrogen-bond acceptors (Lipinski definition) is 4. The monoisotopic (exact) mass is 291 g/mol. The van der Waals surface area contributed by atoms with E-state index in [0.29, 0.717) is 12.1 Å². The number of aromatic amines is 1. The number of H-pyrrole nitrogens is 1. The second-order valence-electron chi connectivity index (χ2n) is 4.18. The van der Waals surface area contributed by atoms with Crippen LogP contribution >= 0.6 is 11.3 Å². The van der Waals surface area contributed by atoms with E-state index >= 15 is 0 Å². The first-order chi connectivity index (χ1) is 9.56. The van der Waals surface area contributed by atoms with Gasteiger partial charge in [-0.15, -0.1) is 11.3 Å². The van der Waals surface area contributed by atoms with Crippen LogP contribution in [0, 0.1) is 0 Å². The Bertz CT molecular complexity index is 631. The van der Waals surface area contributed by atoms with E-state index in [4.69, 9.17) is 5.11 Å². The van der Waals surface area contributed by atoms with Crippen LogP contribution < -0.4 is 0 Å². The van der Waals surface area contributed by atoms with Gasteiger partial charge < -0.3 is 10.0 Å². The highest BCUT2D eigenvalue weighted by molar-refractivity contribution is 7.11. The minimum Gasteiger partial charge on any atom is -0.478 e. The summed E-state index contributed by atoms with van der Waals surface area (Å²) in [6.45, 7) is 0.460. The number of thiophene rings is 1. The van der Waals surface area contributed by atoms with Gasteiger partial charge in [-0.1, -0.05) is 0 Å². The van der Waals surface area contributed by atoms with Crippen LogP contribution in [-0.4, -0.2) is 39.1 Å². The van der Waals surface area contributed by atoms with Crippen molar-refractivity contribution in [2.24, 2.45) is 0 Å². The molecule has 0 spiro atoms. The molecule has 2 aromatic rings. The van der Waals surface area contributed by atoms with Crippen LogP contribution in [-0.2, 0) is 11.3 Å². The zero-order valence-electron chi connectivity index (χ0n) is 10.7. The summed E-state index contributed by atoms with van der Waals surface area (Å²) in [4.78, 5) is 24.9. The maximum absolute atomic E-state index is 12.0. The molecule has 2 heterocycles. The molecule has 2 N–H and O–H groups in total. The topological polar surface area (TPSA) is 86.3 Å². The van der Waals surface area contributed by atoms with E-state index in [1.54, 1.807) is 18.1 Å². The number of aliphatic carboxylic acids is 1. The number of hydrogen-bond donors (Lipinski definition) is 2. The first-order valence-corrected chi connectivity index (χ1v) is 6.67. The average molecular weight is 291 g/mol. The normalized spacial score (nSPS) is 10.8. The highest BCUT2D eigenvalue weighted by atomic mass is 32.1. The van der Waals surface area contributed by atoms with Gasteiger partial charge in [0.05, 0.1) is 11.8 Å². The predicted molar refractivity (Wildman–Crippen MR) is 75.4 cm³/mol. The van der Waals surface area contributed by atoms with Crippen molar-refractivity contribution in [3.63, 3.8) is 0 Å². The fourth-order valence-electron chi connectivity index (χ4n) is 1.65. The Morgan fingerprint density at radius 1 is 1.55 bits per heavy atom. The number of carboxylic acids is 1.